The summed E-state index contributed by atoms with van der Waals surface area (Å²) >= 11 is 7.63. The second kappa shape index (κ2) is 10.9. The third kappa shape index (κ3) is 4.76. The van der Waals surface area contributed by atoms with Gasteiger partial charge in [0.15, 0.2) is 0 Å². The fourth-order valence-electron chi connectivity index (χ4n) is 6.81. The number of carbonyl (C=O) groups is 3. The number of amides is 3. The molecule has 3 N–H and O–H groups in total. The van der Waals surface area contributed by atoms with E-state index < -0.39 is 33.4 Å². The third-order valence-corrected chi connectivity index (χ3v) is 10.8. The maximum absolute atomic E-state index is 14.3. The van der Waals surface area contributed by atoms with Gasteiger partial charge in [0.05, 0.1) is 35.8 Å². The van der Waals surface area contributed by atoms with Crippen molar-refractivity contribution in [3.8, 4) is 5.75 Å². The quantitative estimate of drug-likeness (QED) is 0.390. The van der Waals surface area contributed by atoms with Crippen molar-refractivity contribution in [3.05, 3.63) is 53.6 Å². The van der Waals surface area contributed by atoms with Gasteiger partial charge in [-0.05, 0) is 81.1 Å². The molecule has 2 bridgehead atoms. The molecule has 214 valence electrons. The Balaban J connectivity index is 1.50. The van der Waals surface area contributed by atoms with Gasteiger partial charge in [0.25, 0.3) is 0 Å². The van der Waals surface area contributed by atoms with Crippen LogP contribution >= 0.6 is 23.4 Å². The van der Waals surface area contributed by atoms with E-state index in [-0.39, 0.29) is 30.2 Å². The van der Waals surface area contributed by atoms with E-state index >= 15 is 0 Å². The number of likely N-dealkylation sites (tertiary alicyclic amines) is 1. The van der Waals surface area contributed by atoms with Crippen molar-refractivity contribution in [1.29, 1.82) is 0 Å². The number of hydrogen-bond donors (Lipinski definition) is 3. The van der Waals surface area contributed by atoms with Crippen LogP contribution in [-0.4, -0.2) is 62.5 Å². The summed E-state index contributed by atoms with van der Waals surface area (Å²) < 4.78 is 4.21. The molecule has 6 atom stereocenters. The Bertz CT molecular complexity index is 1290. The standard InChI is InChI=1S/C30H36ClN3O5S/c1-5-39-21-12-10-20(11-13-21)32-26(36)23-24-28(38)34(22(16-35)17(2)3)25(30(24)15-14-29(23,4)40-30)27(37)33-19-8-6-18(31)7-9-19/h6-13,17,22-25,35H,5,14-16H2,1-4H3,(H,32,36)(H,33,37)/t22-,23+,24-,25?,29-,30?/m0/s1. The third-order valence-electron chi connectivity index (χ3n) is 8.60. The average molecular weight is 586 g/mol. The summed E-state index contributed by atoms with van der Waals surface area (Å²) in [5.41, 5.74) is 1.19. The zero-order chi connectivity index (χ0) is 28.8. The summed E-state index contributed by atoms with van der Waals surface area (Å²) in [5, 5.41) is 16.9. The highest BCUT2D eigenvalue weighted by molar-refractivity contribution is 8.02. The second-order valence-corrected chi connectivity index (χ2v) is 13.7. The highest BCUT2D eigenvalue weighted by Gasteiger charge is 2.77. The average Bonchev–Trinajstić information content (AvgIpc) is 3.48. The summed E-state index contributed by atoms with van der Waals surface area (Å²) in [5.74, 6) is -1.50. The van der Waals surface area contributed by atoms with Crippen molar-refractivity contribution in [2.75, 3.05) is 23.8 Å². The number of nitrogens with one attached hydrogen (secondary N) is 2. The maximum Gasteiger partial charge on any atom is 0.248 e. The van der Waals surface area contributed by atoms with Crippen LogP contribution in [0, 0.1) is 17.8 Å². The SMILES string of the molecule is CCOc1ccc(NC(=O)[C@H]2[C@H]3C(=O)N([C@@H](CO)C(C)C)C(C(=O)Nc4ccc(Cl)cc4)C34CC[C@]2(C)S4)cc1. The van der Waals surface area contributed by atoms with Crippen LogP contribution in [0.3, 0.4) is 0 Å². The monoisotopic (exact) mass is 585 g/mol. The summed E-state index contributed by atoms with van der Waals surface area (Å²) in [7, 11) is 0. The molecule has 2 aromatic rings. The molecule has 0 radical (unpaired) electrons. The van der Waals surface area contributed by atoms with E-state index in [0.717, 1.165) is 0 Å². The number of ether oxygens (including phenoxy) is 1. The number of hydrogen-bond acceptors (Lipinski definition) is 6. The van der Waals surface area contributed by atoms with Crippen molar-refractivity contribution in [1.82, 2.24) is 4.90 Å². The van der Waals surface area contributed by atoms with Crippen LogP contribution in [0.15, 0.2) is 48.5 Å². The Morgan fingerprint density at radius 3 is 2.25 bits per heavy atom. The maximum atomic E-state index is 14.3. The molecule has 8 nitrogen and oxygen atoms in total. The molecule has 3 amide bonds. The number of halogens is 1. The molecule has 10 heteroatoms. The Labute approximate surface area is 244 Å². The van der Waals surface area contributed by atoms with Crippen molar-refractivity contribution in [2.24, 2.45) is 17.8 Å². The van der Waals surface area contributed by atoms with Gasteiger partial charge in [-0.2, -0.15) is 0 Å². The van der Waals surface area contributed by atoms with Crippen molar-refractivity contribution in [2.45, 2.75) is 62.1 Å². The molecule has 3 aliphatic heterocycles. The fraction of sp³-hybridized carbons (Fsp3) is 0.500. The van der Waals surface area contributed by atoms with E-state index in [1.54, 1.807) is 65.2 Å². The normalized spacial score (nSPS) is 29.4. The van der Waals surface area contributed by atoms with Gasteiger partial charge in [0.1, 0.15) is 11.8 Å². The lowest BCUT2D eigenvalue weighted by Crippen LogP contribution is -2.56. The molecule has 3 fully saturated rings. The molecule has 0 saturated carbocycles. The molecule has 2 unspecified atom stereocenters. The van der Waals surface area contributed by atoms with Crippen LogP contribution in [0.1, 0.15) is 40.5 Å². The van der Waals surface area contributed by atoms with E-state index in [0.29, 0.717) is 41.6 Å². The van der Waals surface area contributed by atoms with E-state index in [1.165, 1.54) is 0 Å². The predicted octanol–water partition coefficient (Wildman–Crippen LogP) is 4.81. The summed E-state index contributed by atoms with van der Waals surface area (Å²) in [6.45, 7) is 8.06. The first-order valence-corrected chi connectivity index (χ1v) is 15.0. The Morgan fingerprint density at radius 1 is 1.07 bits per heavy atom. The molecule has 0 aliphatic carbocycles. The number of nitrogens with zero attached hydrogens (tertiary/aromatic N) is 1. The first kappa shape index (κ1) is 28.8. The van der Waals surface area contributed by atoms with Gasteiger partial charge in [-0.3, -0.25) is 14.4 Å². The van der Waals surface area contributed by atoms with Crippen LogP contribution in [0.5, 0.6) is 5.75 Å². The minimum atomic E-state index is -0.838. The Morgan fingerprint density at radius 2 is 1.68 bits per heavy atom. The predicted molar refractivity (Wildman–Crippen MR) is 158 cm³/mol. The fourth-order valence-corrected chi connectivity index (χ4v) is 9.28. The van der Waals surface area contributed by atoms with Gasteiger partial charge in [-0.1, -0.05) is 25.4 Å². The molecule has 0 aromatic heterocycles. The second-order valence-electron chi connectivity index (χ2n) is 11.4. The van der Waals surface area contributed by atoms with Crippen LogP contribution in [-0.2, 0) is 14.4 Å². The Hall–Kier alpha value is -2.75. The highest BCUT2D eigenvalue weighted by Crippen LogP contribution is 2.71. The molecule has 3 aliphatic rings. The highest BCUT2D eigenvalue weighted by atomic mass is 35.5. The van der Waals surface area contributed by atoms with Gasteiger partial charge < -0.3 is 25.4 Å². The first-order chi connectivity index (χ1) is 19.0. The number of thioether (sulfide) groups is 1. The minimum absolute atomic E-state index is 0.0936. The van der Waals surface area contributed by atoms with E-state index in [9.17, 15) is 19.5 Å². The van der Waals surface area contributed by atoms with Crippen molar-refractivity contribution >= 4 is 52.5 Å². The molecular formula is C30H36ClN3O5S. The van der Waals surface area contributed by atoms with E-state index in [1.807, 2.05) is 27.7 Å². The van der Waals surface area contributed by atoms with E-state index in [2.05, 4.69) is 10.6 Å². The summed E-state index contributed by atoms with van der Waals surface area (Å²) in [4.78, 5) is 43.8. The van der Waals surface area contributed by atoms with Gasteiger partial charge in [-0.25, -0.2) is 0 Å². The number of benzene rings is 2. The van der Waals surface area contributed by atoms with Gasteiger partial charge >= 0.3 is 0 Å². The molecule has 5 rings (SSSR count). The topological polar surface area (TPSA) is 108 Å². The smallest absolute Gasteiger partial charge is 0.248 e. The zero-order valence-electron chi connectivity index (χ0n) is 23.1. The molecule has 2 aromatic carbocycles. The Kier molecular flexibility index (Phi) is 7.85. The number of anilines is 2. The molecule has 3 heterocycles. The van der Waals surface area contributed by atoms with Crippen molar-refractivity contribution in [3.63, 3.8) is 0 Å². The van der Waals surface area contributed by atoms with Crippen LogP contribution in [0.4, 0.5) is 11.4 Å². The minimum Gasteiger partial charge on any atom is -0.494 e. The van der Waals surface area contributed by atoms with Crippen LogP contribution in [0.25, 0.3) is 0 Å². The zero-order valence-corrected chi connectivity index (χ0v) is 24.7. The lowest BCUT2D eigenvalue weighted by molar-refractivity contribution is -0.142. The summed E-state index contributed by atoms with van der Waals surface area (Å²) in [6, 6.07) is 12.6. The number of aliphatic hydroxyl groups is 1. The van der Waals surface area contributed by atoms with Gasteiger partial charge in [0.2, 0.25) is 17.7 Å². The molecule has 40 heavy (non-hydrogen) atoms. The lowest BCUT2D eigenvalue weighted by Gasteiger charge is -2.38. The number of fused-ring (bicyclic) bond motifs is 1. The van der Waals surface area contributed by atoms with Crippen LogP contribution < -0.4 is 15.4 Å². The van der Waals surface area contributed by atoms with Gasteiger partial charge in [0, 0.05) is 21.1 Å². The lowest BCUT2D eigenvalue weighted by atomic mass is 9.66. The van der Waals surface area contributed by atoms with E-state index in [4.69, 9.17) is 16.3 Å². The summed E-state index contributed by atoms with van der Waals surface area (Å²) in [6.07, 6.45) is 1.33. The molecule has 1 spiro atoms. The van der Waals surface area contributed by atoms with Crippen molar-refractivity contribution < 1.29 is 24.2 Å². The van der Waals surface area contributed by atoms with Crippen LogP contribution in [0.2, 0.25) is 5.02 Å². The van der Waals surface area contributed by atoms with Gasteiger partial charge in [-0.15, -0.1) is 11.8 Å². The first-order valence-electron chi connectivity index (χ1n) is 13.8. The molecule has 3 saturated heterocycles. The number of aliphatic hydroxyl groups excluding tert-OH is 1. The number of carbonyl (C=O) groups excluding carboxylic acids is 3. The largest absolute Gasteiger partial charge is 0.494 e. The number of rotatable bonds is 9. The molecular weight excluding hydrogens is 550 g/mol.